The van der Waals surface area contributed by atoms with Crippen LogP contribution in [0.5, 0.6) is 0 Å². The lowest BCUT2D eigenvalue weighted by atomic mass is 10.1. The third-order valence-corrected chi connectivity index (χ3v) is 4.50. The second kappa shape index (κ2) is 8.63. The number of anilines is 2. The van der Waals surface area contributed by atoms with Gasteiger partial charge >= 0.3 is 0 Å². The van der Waals surface area contributed by atoms with Gasteiger partial charge in [-0.3, -0.25) is 9.88 Å². The van der Waals surface area contributed by atoms with E-state index in [-0.39, 0.29) is 5.54 Å². The smallest absolute Gasteiger partial charge is 0.225 e. The molecule has 0 aromatic carbocycles. The van der Waals surface area contributed by atoms with Gasteiger partial charge < -0.3 is 15.5 Å². The number of likely N-dealkylation sites (N-methyl/N-ethyl adjacent to an activating group) is 1. The molecule has 3 heterocycles. The molecule has 27 heavy (non-hydrogen) atoms. The minimum atomic E-state index is -0.106. The van der Waals surface area contributed by atoms with Crippen molar-refractivity contribution in [2.24, 2.45) is 0 Å². The van der Waals surface area contributed by atoms with Crippen LogP contribution in [0.1, 0.15) is 20.8 Å². The van der Waals surface area contributed by atoms with Gasteiger partial charge in [-0.2, -0.15) is 4.98 Å². The Hall–Kier alpha value is -2.25. The molecule has 2 aromatic rings. The van der Waals surface area contributed by atoms with Gasteiger partial charge in [-0.15, -0.1) is 0 Å². The SMILES string of the molecule is CN1CCN(CCNc2cc(-c3cccnc3)nc(NC(C)(C)C)n2)CC1. The van der Waals surface area contributed by atoms with Crippen LogP contribution in [0.25, 0.3) is 11.3 Å². The van der Waals surface area contributed by atoms with Crippen LogP contribution in [0, 0.1) is 0 Å². The first-order valence-corrected chi connectivity index (χ1v) is 9.61. The molecular formula is C20H31N7. The first-order chi connectivity index (χ1) is 12.9. The molecule has 7 heteroatoms. The number of rotatable bonds is 6. The van der Waals surface area contributed by atoms with Crippen LogP contribution < -0.4 is 10.6 Å². The van der Waals surface area contributed by atoms with Gasteiger partial charge in [-0.05, 0) is 40.0 Å². The van der Waals surface area contributed by atoms with Gasteiger partial charge in [-0.1, -0.05) is 0 Å². The van der Waals surface area contributed by atoms with Crippen molar-refractivity contribution in [1.82, 2.24) is 24.8 Å². The number of hydrogen-bond donors (Lipinski definition) is 2. The molecule has 3 rings (SSSR count). The fraction of sp³-hybridized carbons (Fsp3) is 0.550. The zero-order valence-electron chi connectivity index (χ0n) is 16.9. The van der Waals surface area contributed by atoms with E-state index in [9.17, 15) is 0 Å². The van der Waals surface area contributed by atoms with Crippen LogP contribution in [0.2, 0.25) is 0 Å². The van der Waals surface area contributed by atoms with Crippen molar-refractivity contribution < 1.29 is 0 Å². The summed E-state index contributed by atoms with van der Waals surface area (Å²) < 4.78 is 0. The monoisotopic (exact) mass is 369 g/mol. The number of piperazine rings is 1. The van der Waals surface area contributed by atoms with Crippen LogP contribution in [-0.2, 0) is 0 Å². The standard InChI is InChI=1S/C20H31N7/c1-20(2,3)25-19-23-17(16-6-5-7-21-15-16)14-18(24-19)22-8-9-27-12-10-26(4)11-13-27/h5-7,14-15H,8-13H2,1-4H3,(H2,22,23,24,25). The molecule has 0 saturated carbocycles. The van der Waals surface area contributed by atoms with Crippen molar-refractivity contribution in [3.63, 3.8) is 0 Å². The average molecular weight is 370 g/mol. The second-order valence-electron chi connectivity index (χ2n) is 8.15. The molecule has 1 saturated heterocycles. The predicted octanol–water partition coefficient (Wildman–Crippen LogP) is 2.41. The normalized spacial score (nSPS) is 16.3. The fourth-order valence-electron chi connectivity index (χ4n) is 3.00. The van der Waals surface area contributed by atoms with Crippen LogP contribution in [0.4, 0.5) is 11.8 Å². The molecule has 0 aliphatic carbocycles. The first-order valence-electron chi connectivity index (χ1n) is 9.61. The Morgan fingerprint density at radius 3 is 2.56 bits per heavy atom. The highest BCUT2D eigenvalue weighted by atomic mass is 15.3. The molecule has 7 nitrogen and oxygen atoms in total. The average Bonchev–Trinajstić information content (AvgIpc) is 2.62. The molecule has 1 fully saturated rings. The van der Waals surface area contributed by atoms with E-state index in [4.69, 9.17) is 0 Å². The number of nitrogens with one attached hydrogen (secondary N) is 2. The Labute approximate surface area is 162 Å². The van der Waals surface area contributed by atoms with E-state index in [0.717, 1.165) is 56.3 Å². The van der Waals surface area contributed by atoms with Gasteiger partial charge in [0.2, 0.25) is 5.95 Å². The Morgan fingerprint density at radius 1 is 1.11 bits per heavy atom. The molecule has 0 atom stereocenters. The molecule has 0 spiro atoms. The maximum Gasteiger partial charge on any atom is 0.225 e. The van der Waals surface area contributed by atoms with Crippen molar-refractivity contribution in [3.05, 3.63) is 30.6 Å². The van der Waals surface area contributed by atoms with Crippen molar-refractivity contribution in [2.45, 2.75) is 26.3 Å². The quantitative estimate of drug-likeness (QED) is 0.810. The molecule has 2 N–H and O–H groups in total. The number of pyridine rings is 1. The van der Waals surface area contributed by atoms with E-state index >= 15 is 0 Å². The van der Waals surface area contributed by atoms with Crippen molar-refractivity contribution in [3.8, 4) is 11.3 Å². The maximum absolute atomic E-state index is 4.68. The third-order valence-electron chi connectivity index (χ3n) is 4.50. The Kier molecular flexibility index (Phi) is 6.23. The van der Waals surface area contributed by atoms with E-state index in [1.165, 1.54) is 0 Å². The maximum atomic E-state index is 4.68. The summed E-state index contributed by atoms with van der Waals surface area (Å²) in [6.07, 6.45) is 3.60. The molecule has 2 aromatic heterocycles. The highest BCUT2D eigenvalue weighted by Crippen LogP contribution is 2.22. The van der Waals surface area contributed by atoms with Crippen LogP contribution >= 0.6 is 0 Å². The summed E-state index contributed by atoms with van der Waals surface area (Å²) in [7, 11) is 2.18. The Bertz CT molecular complexity index is 719. The molecule has 1 aliphatic rings. The molecular weight excluding hydrogens is 338 g/mol. The van der Waals surface area contributed by atoms with Crippen molar-refractivity contribution in [2.75, 3.05) is 56.9 Å². The molecule has 0 bridgehead atoms. The second-order valence-corrected chi connectivity index (χ2v) is 8.15. The van der Waals surface area contributed by atoms with Gasteiger partial charge in [0.15, 0.2) is 0 Å². The molecule has 1 aliphatic heterocycles. The van der Waals surface area contributed by atoms with Crippen LogP contribution in [0.15, 0.2) is 30.6 Å². The van der Waals surface area contributed by atoms with Crippen LogP contribution in [0.3, 0.4) is 0 Å². The minimum Gasteiger partial charge on any atom is -0.369 e. The lowest BCUT2D eigenvalue weighted by Crippen LogP contribution is -2.45. The van der Waals surface area contributed by atoms with Gasteiger partial charge in [-0.25, -0.2) is 4.98 Å². The van der Waals surface area contributed by atoms with Crippen LogP contribution in [-0.4, -0.2) is 76.6 Å². The number of hydrogen-bond acceptors (Lipinski definition) is 7. The minimum absolute atomic E-state index is 0.106. The lowest BCUT2D eigenvalue weighted by Gasteiger charge is -2.32. The van der Waals surface area contributed by atoms with Crippen molar-refractivity contribution in [1.29, 1.82) is 0 Å². The Balaban J connectivity index is 1.70. The summed E-state index contributed by atoms with van der Waals surface area (Å²) >= 11 is 0. The lowest BCUT2D eigenvalue weighted by molar-refractivity contribution is 0.158. The van der Waals surface area contributed by atoms with E-state index in [1.807, 2.05) is 24.4 Å². The van der Waals surface area contributed by atoms with E-state index in [1.54, 1.807) is 6.20 Å². The summed E-state index contributed by atoms with van der Waals surface area (Å²) in [5.41, 5.74) is 1.75. The highest BCUT2D eigenvalue weighted by molar-refractivity contribution is 5.63. The van der Waals surface area contributed by atoms with Gasteiger partial charge in [0.25, 0.3) is 0 Å². The van der Waals surface area contributed by atoms with Gasteiger partial charge in [0.1, 0.15) is 5.82 Å². The molecule has 0 unspecified atom stereocenters. The molecule has 0 amide bonds. The van der Waals surface area contributed by atoms with E-state index in [0.29, 0.717) is 5.95 Å². The van der Waals surface area contributed by atoms with E-state index in [2.05, 4.69) is 63.2 Å². The summed E-state index contributed by atoms with van der Waals surface area (Å²) in [5.74, 6) is 1.47. The summed E-state index contributed by atoms with van der Waals surface area (Å²) in [5, 5.41) is 6.85. The number of nitrogens with zero attached hydrogens (tertiary/aromatic N) is 5. The largest absolute Gasteiger partial charge is 0.369 e. The zero-order valence-corrected chi connectivity index (χ0v) is 16.9. The third kappa shape index (κ3) is 6.15. The zero-order chi connectivity index (χ0) is 19.3. The van der Waals surface area contributed by atoms with Gasteiger partial charge in [0, 0.05) is 68.8 Å². The van der Waals surface area contributed by atoms with E-state index < -0.39 is 0 Å². The van der Waals surface area contributed by atoms with Crippen molar-refractivity contribution >= 4 is 11.8 Å². The summed E-state index contributed by atoms with van der Waals surface area (Å²) in [4.78, 5) is 18.4. The Morgan fingerprint density at radius 2 is 1.89 bits per heavy atom. The number of aromatic nitrogens is 3. The first kappa shape index (κ1) is 19.5. The summed E-state index contributed by atoms with van der Waals surface area (Å²) in [6, 6.07) is 5.94. The highest BCUT2D eigenvalue weighted by Gasteiger charge is 2.15. The topological polar surface area (TPSA) is 69.2 Å². The molecule has 146 valence electrons. The predicted molar refractivity (Wildman–Crippen MR) is 111 cm³/mol. The fourth-order valence-corrected chi connectivity index (χ4v) is 3.00. The molecule has 0 radical (unpaired) electrons. The summed E-state index contributed by atoms with van der Waals surface area (Å²) in [6.45, 7) is 12.7. The van der Waals surface area contributed by atoms with Gasteiger partial charge in [0.05, 0.1) is 5.69 Å².